The Morgan fingerprint density at radius 1 is 0.926 bits per heavy atom. The molecule has 7 nitrogen and oxygen atoms in total. The summed E-state index contributed by atoms with van der Waals surface area (Å²) in [6, 6.07) is 16.0. The zero-order valence-electron chi connectivity index (χ0n) is 15.2. The van der Waals surface area contributed by atoms with E-state index in [1.54, 1.807) is 36.4 Å². The molecule has 142 valence electrons. The van der Waals surface area contributed by atoms with E-state index >= 15 is 0 Å². The van der Waals surface area contributed by atoms with Crippen LogP contribution in [0.3, 0.4) is 0 Å². The minimum atomic E-state index is -0.532. The number of benzene rings is 2. The third kappa shape index (κ3) is 7.19. The van der Waals surface area contributed by atoms with Crippen molar-refractivity contribution in [2.24, 2.45) is 0 Å². The number of hydrogen-bond donors (Lipinski definition) is 3. The minimum Gasteiger partial charge on any atom is -0.453 e. The van der Waals surface area contributed by atoms with Crippen LogP contribution in [-0.4, -0.2) is 31.6 Å². The van der Waals surface area contributed by atoms with Gasteiger partial charge in [0.1, 0.15) is 0 Å². The van der Waals surface area contributed by atoms with Gasteiger partial charge in [0.25, 0.3) is 5.91 Å². The van der Waals surface area contributed by atoms with Gasteiger partial charge in [0, 0.05) is 30.8 Å². The van der Waals surface area contributed by atoms with Gasteiger partial charge in [0.05, 0.1) is 7.11 Å². The SMILES string of the molecule is COC(=O)Nc1ccc(CNC(=O)CCCNC(=O)c2ccccc2)cc1. The van der Waals surface area contributed by atoms with E-state index in [-0.39, 0.29) is 11.8 Å². The fourth-order valence-electron chi connectivity index (χ4n) is 2.31. The Morgan fingerprint density at radius 3 is 2.30 bits per heavy atom. The van der Waals surface area contributed by atoms with E-state index in [4.69, 9.17) is 0 Å². The lowest BCUT2D eigenvalue weighted by molar-refractivity contribution is -0.121. The molecule has 3 amide bonds. The fourth-order valence-corrected chi connectivity index (χ4v) is 2.31. The first-order valence-electron chi connectivity index (χ1n) is 8.62. The van der Waals surface area contributed by atoms with Crippen LogP contribution in [0.15, 0.2) is 54.6 Å². The van der Waals surface area contributed by atoms with Crippen molar-refractivity contribution in [1.29, 1.82) is 0 Å². The molecule has 0 aliphatic rings. The highest BCUT2D eigenvalue weighted by atomic mass is 16.5. The summed E-state index contributed by atoms with van der Waals surface area (Å²) < 4.78 is 4.52. The fraction of sp³-hybridized carbons (Fsp3) is 0.250. The second kappa shape index (κ2) is 10.6. The summed E-state index contributed by atoms with van der Waals surface area (Å²) in [5, 5.41) is 8.17. The molecule has 0 radical (unpaired) electrons. The second-order valence-corrected chi connectivity index (χ2v) is 5.82. The van der Waals surface area contributed by atoms with E-state index in [2.05, 4.69) is 20.7 Å². The Balaban J connectivity index is 1.63. The van der Waals surface area contributed by atoms with Crippen LogP contribution in [0.5, 0.6) is 0 Å². The van der Waals surface area contributed by atoms with Gasteiger partial charge in [-0.1, -0.05) is 30.3 Å². The van der Waals surface area contributed by atoms with Gasteiger partial charge >= 0.3 is 6.09 Å². The number of rotatable bonds is 8. The second-order valence-electron chi connectivity index (χ2n) is 5.82. The molecule has 0 saturated heterocycles. The van der Waals surface area contributed by atoms with Crippen molar-refractivity contribution in [2.75, 3.05) is 19.0 Å². The van der Waals surface area contributed by atoms with Crippen molar-refractivity contribution in [2.45, 2.75) is 19.4 Å². The first-order valence-corrected chi connectivity index (χ1v) is 8.62. The molecule has 0 saturated carbocycles. The largest absolute Gasteiger partial charge is 0.453 e. The Morgan fingerprint density at radius 2 is 1.63 bits per heavy atom. The zero-order valence-corrected chi connectivity index (χ0v) is 15.2. The van der Waals surface area contributed by atoms with Gasteiger partial charge in [0.15, 0.2) is 0 Å². The molecule has 0 unspecified atom stereocenters. The van der Waals surface area contributed by atoms with Gasteiger partial charge in [-0.15, -0.1) is 0 Å². The molecule has 0 bridgehead atoms. The summed E-state index contributed by atoms with van der Waals surface area (Å²) in [5.74, 6) is -0.225. The number of anilines is 1. The van der Waals surface area contributed by atoms with Crippen molar-refractivity contribution in [1.82, 2.24) is 10.6 Å². The lowest BCUT2D eigenvalue weighted by Crippen LogP contribution is -2.27. The number of methoxy groups -OCH3 is 1. The summed E-state index contributed by atoms with van der Waals surface area (Å²) in [6.07, 6.45) is 0.360. The Kier molecular flexibility index (Phi) is 7.84. The summed E-state index contributed by atoms with van der Waals surface area (Å²) in [5.41, 5.74) is 2.13. The maximum absolute atomic E-state index is 11.9. The highest BCUT2D eigenvalue weighted by molar-refractivity contribution is 5.94. The van der Waals surface area contributed by atoms with Crippen LogP contribution >= 0.6 is 0 Å². The smallest absolute Gasteiger partial charge is 0.411 e. The lowest BCUT2D eigenvalue weighted by atomic mass is 10.2. The van der Waals surface area contributed by atoms with Gasteiger partial charge in [-0.05, 0) is 36.2 Å². The van der Waals surface area contributed by atoms with Gasteiger partial charge < -0.3 is 15.4 Å². The molecule has 0 heterocycles. The number of ether oxygens (including phenoxy) is 1. The molecule has 27 heavy (non-hydrogen) atoms. The summed E-state index contributed by atoms with van der Waals surface area (Å²) in [4.78, 5) is 34.9. The van der Waals surface area contributed by atoms with Crippen LogP contribution in [0, 0.1) is 0 Å². The zero-order chi connectivity index (χ0) is 19.5. The van der Waals surface area contributed by atoms with Crippen LogP contribution in [0.4, 0.5) is 10.5 Å². The molecular weight excluding hydrogens is 346 g/mol. The third-order valence-corrected chi connectivity index (χ3v) is 3.78. The highest BCUT2D eigenvalue weighted by Gasteiger charge is 2.05. The Bertz CT molecular complexity index is 761. The highest BCUT2D eigenvalue weighted by Crippen LogP contribution is 2.09. The number of nitrogens with one attached hydrogen (secondary N) is 3. The number of carbonyl (C=O) groups is 3. The number of hydrogen-bond acceptors (Lipinski definition) is 4. The summed E-state index contributed by atoms with van der Waals surface area (Å²) in [6.45, 7) is 0.836. The van der Waals surface area contributed by atoms with Crippen molar-refractivity contribution >= 4 is 23.6 Å². The van der Waals surface area contributed by atoms with Crippen molar-refractivity contribution in [3.8, 4) is 0 Å². The topological polar surface area (TPSA) is 96.5 Å². The van der Waals surface area contributed by atoms with Crippen molar-refractivity contribution in [3.05, 3.63) is 65.7 Å². The normalized spacial score (nSPS) is 9.96. The molecule has 2 aromatic rings. The van der Waals surface area contributed by atoms with E-state index in [1.807, 2.05) is 18.2 Å². The number of carbonyl (C=O) groups excluding carboxylic acids is 3. The van der Waals surface area contributed by atoms with Crippen LogP contribution in [0.2, 0.25) is 0 Å². The molecule has 0 aliphatic heterocycles. The van der Waals surface area contributed by atoms with Crippen LogP contribution < -0.4 is 16.0 Å². The van der Waals surface area contributed by atoms with Gasteiger partial charge in [0.2, 0.25) is 5.91 Å². The average molecular weight is 369 g/mol. The molecule has 3 N–H and O–H groups in total. The standard InChI is InChI=1S/C20H23N3O4/c1-27-20(26)23-17-11-9-15(10-12-17)14-22-18(24)8-5-13-21-19(25)16-6-3-2-4-7-16/h2-4,6-7,9-12H,5,8,13-14H2,1H3,(H,21,25)(H,22,24)(H,23,26). The molecule has 0 aromatic heterocycles. The molecule has 0 spiro atoms. The van der Waals surface area contributed by atoms with E-state index in [0.717, 1.165) is 5.56 Å². The minimum absolute atomic E-state index is 0.0827. The van der Waals surface area contributed by atoms with E-state index < -0.39 is 6.09 Å². The maximum atomic E-state index is 11.9. The Hall–Kier alpha value is -3.35. The molecule has 2 rings (SSSR count). The van der Waals surface area contributed by atoms with Crippen molar-refractivity contribution in [3.63, 3.8) is 0 Å². The Labute approximate surface area is 158 Å². The van der Waals surface area contributed by atoms with Gasteiger partial charge in [-0.2, -0.15) is 0 Å². The van der Waals surface area contributed by atoms with Gasteiger partial charge in [-0.3, -0.25) is 14.9 Å². The molecule has 0 aliphatic carbocycles. The molecular formula is C20H23N3O4. The van der Waals surface area contributed by atoms with E-state index in [0.29, 0.717) is 37.2 Å². The first-order chi connectivity index (χ1) is 13.1. The first kappa shape index (κ1) is 20.0. The predicted octanol–water partition coefficient (Wildman–Crippen LogP) is 2.69. The van der Waals surface area contributed by atoms with Gasteiger partial charge in [-0.25, -0.2) is 4.79 Å². The maximum Gasteiger partial charge on any atom is 0.411 e. The van der Waals surface area contributed by atoms with Crippen LogP contribution in [-0.2, 0) is 16.1 Å². The van der Waals surface area contributed by atoms with E-state index in [1.165, 1.54) is 7.11 Å². The quantitative estimate of drug-likeness (QED) is 0.623. The lowest BCUT2D eigenvalue weighted by Gasteiger charge is -2.08. The van der Waals surface area contributed by atoms with E-state index in [9.17, 15) is 14.4 Å². The summed E-state index contributed by atoms with van der Waals surface area (Å²) >= 11 is 0. The van der Waals surface area contributed by atoms with Crippen molar-refractivity contribution < 1.29 is 19.1 Å². The summed E-state index contributed by atoms with van der Waals surface area (Å²) in [7, 11) is 1.30. The molecule has 0 fully saturated rings. The molecule has 2 aromatic carbocycles. The molecule has 7 heteroatoms. The van der Waals surface area contributed by atoms with Crippen LogP contribution in [0.25, 0.3) is 0 Å². The molecule has 0 atom stereocenters. The monoisotopic (exact) mass is 369 g/mol. The predicted molar refractivity (Wildman–Crippen MR) is 102 cm³/mol. The average Bonchev–Trinajstić information content (AvgIpc) is 2.71. The third-order valence-electron chi connectivity index (χ3n) is 3.78. The number of amides is 3. The van der Waals surface area contributed by atoms with Crippen LogP contribution in [0.1, 0.15) is 28.8 Å².